The number of halogens is 1. The molecule has 7 heteroatoms. The summed E-state index contributed by atoms with van der Waals surface area (Å²) < 4.78 is 24.1. The molecule has 0 unspecified atom stereocenters. The maximum absolute atomic E-state index is 12.1. The molecule has 1 aliphatic carbocycles. The second-order valence-electron chi connectivity index (χ2n) is 4.80. The Morgan fingerprint density at radius 1 is 1.56 bits per heavy atom. The molecule has 1 N–H and O–H groups in total. The molecule has 0 aromatic carbocycles. The summed E-state index contributed by atoms with van der Waals surface area (Å²) >= 11 is 0. The Bertz CT molecular complexity index is 587. The molecule has 0 saturated heterocycles. The van der Waals surface area contributed by atoms with E-state index in [9.17, 15) is 13.2 Å². The molecule has 1 fully saturated rings. The van der Waals surface area contributed by atoms with Crippen LogP contribution in [0, 0.1) is 0 Å². The number of amides is 1. The normalized spacial score (nSPS) is 17.5. The Labute approximate surface area is 111 Å². The lowest BCUT2D eigenvalue weighted by Gasteiger charge is -2.12. The average Bonchev–Trinajstić information content (AvgIpc) is 2.82. The molecule has 1 aliphatic rings. The molecule has 1 heterocycles. The second kappa shape index (κ2) is 4.28. The fraction of sp³-hybridized carbons (Fsp3) is 0.545. The third kappa shape index (κ3) is 2.70. The van der Waals surface area contributed by atoms with Gasteiger partial charge in [0.1, 0.15) is 10.6 Å². The minimum atomic E-state index is -3.80. The van der Waals surface area contributed by atoms with Gasteiger partial charge in [-0.2, -0.15) is 0 Å². The summed E-state index contributed by atoms with van der Waals surface area (Å²) in [6.45, 7) is 4.30. The summed E-state index contributed by atoms with van der Waals surface area (Å²) in [6, 6.07) is 1.31. The zero-order valence-corrected chi connectivity index (χ0v) is 11.8. The lowest BCUT2D eigenvalue weighted by molar-refractivity contribution is 0.0926. The highest BCUT2D eigenvalue weighted by Gasteiger charge is 2.39. The third-order valence-corrected chi connectivity index (χ3v) is 4.46. The Balaban J connectivity index is 2.31. The van der Waals surface area contributed by atoms with E-state index in [1.165, 1.54) is 12.3 Å². The van der Waals surface area contributed by atoms with Gasteiger partial charge in [0.2, 0.25) is 0 Å². The fourth-order valence-electron chi connectivity index (χ4n) is 1.72. The van der Waals surface area contributed by atoms with Gasteiger partial charge in [0.05, 0.1) is 0 Å². The van der Waals surface area contributed by atoms with Gasteiger partial charge in [-0.25, -0.2) is 8.42 Å². The number of hydrogen-bond donors (Lipinski definition) is 1. The van der Waals surface area contributed by atoms with Crippen molar-refractivity contribution in [2.45, 2.75) is 43.7 Å². The van der Waals surface area contributed by atoms with Gasteiger partial charge in [-0.05, 0) is 32.8 Å². The van der Waals surface area contributed by atoms with E-state index in [1.807, 2.05) is 13.8 Å². The van der Waals surface area contributed by atoms with E-state index in [-0.39, 0.29) is 16.3 Å². The first-order valence-corrected chi connectivity index (χ1v) is 8.03. The van der Waals surface area contributed by atoms with Crippen molar-refractivity contribution in [1.29, 1.82) is 0 Å². The Morgan fingerprint density at radius 3 is 2.61 bits per heavy atom. The molecule has 1 saturated carbocycles. The first-order chi connectivity index (χ1) is 8.25. The second-order valence-corrected chi connectivity index (χ2v) is 7.37. The predicted molar refractivity (Wildman–Crippen MR) is 68.3 cm³/mol. The summed E-state index contributed by atoms with van der Waals surface area (Å²) in [5.41, 5.74) is 0.185. The Morgan fingerprint density at radius 2 is 2.17 bits per heavy atom. The van der Waals surface area contributed by atoms with E-state index < -0.39 is 9.05 Å². The van der Waals surface area contributed by atoms with Gasteiger partial charge < -0.3 is 9.88 Å². The quantitative estimate of drug-likeness (QED) is 0.859. The van der Waals surface area contributed by atoms with E-state index in [1.54, 1.807) is 4.57 Å². The molecule has 0 bridgehead atoms. The molecule has 0 radical (unpaired) electrons. The number of carbonyl (C=O) groups is 1. The van der Waals surface area contributed by atoms with Crippen molar-refractivity contribution in [2.75, 3.05) is 0 Å². The van der Waals surface area contributed by atoms with Crippen LogP contribution in [-0.4, -0.2) is 24.4 Å². The maximum Gasteiger partial charge on any atom is 0.268 e. The zero-order valence-electron chi connectivity index (χ0n) is 10.2. The van der Waals surface area contributed by atoms with Crippen molar-refractivity contribution < 1.29 is 13.2 Å². The van der Waals surface area contributed by atoms with Gasteiger partial charge in [-0.15, -0.1) is 0 Å². The SMILES string of the molecule is CCn1cc(S(=O)(=O)Cl)cc1C(=O)NC1(C)CC1. The number of hydrogen-bond acceptors (Lipinski definition) is 3. The van der Waals surface area contributed by atoms with Gasteiger partial charge in [0, 0.05) is 29.0 Å². The number of carbonyl (C=O) groups excluding carboxylic acids is 1. The number of rotatable bonds is 4. The van der Waals surface area contributed by atoms with E-state index in [4.69, 9.17) is 10.7 Å². The van der Waals surface area contributed by atoms with Gasteiger partial charge >= 0.3 is 0 Å². The predicted octanol–water partition coefficient (Wildman–Crippen LogP) is 1.72. The summed E-state index contributed by atoms with van der Waals surface area (Å²) in [5, 5.41) is 2.89. The Kier molecular flexibility index (Phi) is 3.19. The summed E-state index contributed by atoms with van der Waals surface area (Å²) in [5.74, 6) is -0.261. The topological polar surface area (TPSA) is 68.2 Å². The molecule has 1 aromatic rings. The minimum Gasteiger partial charge on any atom is -0.346 e. The van der Waals surface area contributed by atoms with Crippen LogP contribution in [0.5, 0.6) is 0 Å². The van der Waals surface area contributed by atoms with Gasteiger partial charge in [-0.1, -0.05) is 0 Å². The van der Waals surface area contributed by atoms with Crippen molar-refractivity contribution in [1.82, 2.24) is 9.88 Å². The van der Waals surface area contributed by atoms with E-state index >= 15 is 0 Å². The monoisotopic (exact) mass is 290 g/mol. The van der Waals surface area contributed by atoms with Crippen LogP contribution in [0.4, 0.5) is 0 Å². The number of aromatic nitrogens is 1. The van der Waals surface area contributed by atoms with Crippen LogP contribution in [0.1, 0.15) is 37.2 Å². The molecule has 1 aromatic heterocycles. The standard InChI is InChI=1S/C11H15ClN2O3S/c1-3-14-7-8(18(12,16)17)6-9(14)10(15)13-11(2)4-5-11/h6-7H,3-5H2,1-2H3,(H,13,15). The Hall–Kier alpha value is -1.01. The number of nitrogens with zero attached hydrogens (tertiary/aromatic N) is 1. The molecule has 2 rings (SSSR count). The highest BCUT2D eigenvalue weighted by molar-refractivity contribution is 8.13. The first-order valence-electron chi connectivity index (χ1n) is 5.72. The lowest BCUT2D eigenvalue weighted by atomic mass is 10.3. The van der Waals surface area contributed by atoms with Crippen molar-refractivity contribution >= 4 is 25.6 Å². The smallest absolute Gasteiger partial charge is 0.268 e. The van der Waals surface area contributed by atoms with E-state index in [0.29, 0.717) is 12.2 Å². The minimum absolute atomic E-state index is 0.0443. The van der Waals surface area contributed by atoms with Crippen molar-refractivity contribution in [3.63, 3.8) is 0 Å². The van der Waals surface area contributed by atoms with Crippen LogP contribution >= 0.6 is 10.7 Å². The maximum atomic E-state index is 12.1. The number of aryl methyl sites for hydroxylation is 1. The molecular formula is C11H15ClN2O3S. The summed E-state index contributed by atoms with van der Waals surface area (Å²) in [4.78, 5) is 12.0. The zero-order chi connectivity index (χ0) is 13.6. The van der Waals surface area contributed by atoms with Crippen molar-refractivity contribution in [3.8, 4) is 0 Å². The number of nitrogens with one attached hydrogen (secondary N) is 1. The molecule has 0 atom stereocenters. The average molecular weight is 291 g/mol. The van der Waals surface area contributed by atoms with Gasteiger partial charge in [0.15, 0.2) is 0 Å². The van der Waals surface area contributed by atoms with Crippen LogP contribution in [0.25, 0.3) is 0 Å². The van der Waals surface area contributed by atoms with Crippen LogP contribution in [0.15, 0.2) is 17.2 Å². The summed E-state index contributed by atoms with van der Waals surface area (Å²) in [6.07, 6.45) is 3.28. The third-order valence-electron chi connectivity index (χ3n) is 3.14. The van der Waals surface area contributed by atoms with Crippen molar-refractivity contribution in [3.05, 3.63) is 18.0 Å². The molecule has 1 amide bonds. The van der Waals surface area contributed by atoms with E-state index in [2.05, 4.69) is 5.32 Å². The highest BCUT2D eigenvalue weighted by Crippen LogP contribution is 2.34. The molecular weight excluding hydrogens is 276 g/mol. The molecule has 0 aliphatic heterocycles. The molecule has 100 valence electrons. The fourth-order valence-corrected chi connectivity index (χ4v) is 2.48. The highest BCUT2D eigenvalue weighted by atomic mass is 35.7. The lowest BCUT2D eigenvalue weighted by Crippen LogP contribution is -2.35. The van der Waals surface area contributed by atoms with Gasteiger partial charge in [0.25, 0.3) is 15.0 Å². The molecule has 5 nitrogen and oxygen atoms in total. The molecule has 18 heavy (non-hydrogen) atoms. The van der Waals surface area contributed by atoms with E-state index in [0.717, 1.165) is 12.8 Å². The summed E-state index contributed by atoms with van der Waals surface area (Å²) in [7, 11) is 1.47. The van der Waals surface area contributed by atoms with Crippen LogP contribution in [0.3, 0.4) is 0 Å². The van der Waals surface area contributed by atoms with Crippen LogP contribution in [-0.2, 0) is 15.6 Å². The molecule has 0 spiro atoms. The van der Waals surface area contributed by atoms with Crippen molar-refractivity contribution in [2.24, 2.45) is 0 Å². The van der Waals surface area contributed by atoms with Crippen LogP contribution < -0.4 is 5.32 Å². The largest absolute Gasteiger partial charge is 0.346 e. The van der Waals surface area contributed by atoms with Crippen LogP contribution in [0.2, 0.25) is 0 Å². The van der Waals surface area contributed by atoms with Gasteiger partial charge in [-0.3, -0.25) is 4.79 Å². The first kappa shape index (κ1) is 13.4.